The van der Waals surface area contributed by atoms with Crippen molar-refractivity contribution in [1.82, 2.24) is 15.2 Å². The smallest absolute Gasteiger partial charge is 0.407 e. The van der Waals surface area contributed by atoms with Crippen molar-refractivity contribution in [3.8, 4) is 11.8 Å². The number of nitrogens with zero attached hydrogens (tertiary/aromatic N) is 2. The highest BCUT2D eigenvalue weighted by Gasteiger charge is 2.34. The number of likely N-dealkylation sites (tertiary alicyclic amines) is 1. The topological polar surface area (TPSA) is 101 Å². The molecule has 1 saturated carbocycles. The number of nitrogens with one attached hydrogen (secondary N) is 1. The van der Waals surface area contributed by atoms with Gasteiger partial charge in [-0.15, -0.1) is 0 Å². The van der Waals surface area contributed by atoms with Gasteiger partial charge in [-0.05, 0) is 50.5 Å². The number of aromatic nitrogens is 1. The number of methoxy groups -OCH3 is 1. The fourth-order valence-corrected chi connectivity index (χ4v) is 4.01. The first-order valence-electron chi connectivity index (χ1n) is 10.2. The number of ether oxygens (including phenoxy) is 2. The van der Waals surface area contributed by atoms with Crippen LogP contribution in [0.5, 0.6) is 11.8 Å². The van der Waals surface area contributed by atoms with E-state index in [4.69, 9.17) is 14.6 Å². The number of hydrogen-bond donors (Lipinski definition) is 2. The molecule has 1 saturated heterocycles. The number of rotatable bonds is 7. The predicted octanol–water partition coefficient (Wildman–Crippen LogP) is 2.90. The summed E-state index contributed by atoms with van der Waals surface area (Å²) < 4.78 is 38.2. The summed E-state index contributed by atoms with van der Waals surface area (Å²) in [6, 6.07) is 0.437. The highest BCUT2D eigenvalue weighted by Crippen LogP contribution is 2.30. The van der Waals surface area contributed by atoms with Gasteiger partial charge in [-0.25, -0.2) is 9.18 Å². The fraction of sp³-hybridized carbons (Fsp3) is 0.650. The zero-order valence-electron chi connectivity index (χ0n) is 16.9. The first-order chi connectivity index (χ1) is 14.4. The molecule has 2 amide bonds. The molecule has 0 bridgehead atoms. The molecule has 0 aromatic carbocycles. The van der Waals surface area contributed by atoms with Gasteiger partial charge < -0.3 is 19.9 Å². The molecular formula is C20H27F2N3O5. The fourth-order valence-electron chi connectivity index (χ4n) is 4.01. The molecule has 166 valence electrons. The average molecular weight is 427 g/mol. The second-order valence-electron chi connectivity index (χ2n) is 7.71. The molecular weight excluding hydrogens is 400 g/mol. The van der Waals surface area contributed by atoms with Gasteiger partial charge in [-0.1, -0.05) is 0 Å². The maximum Gasteiger partial charge on any atom is 0.407 e. The molecule has 0 radical (unpaired) electrons. The standard InChI is InChI=1S/C20H27F2N3O5/c1-29-18-13(11-23-17(26)16-3-2-8-25(16)20(27)28)9-15(22)19(24-18)30-14-6-4-12(10-21)5-7-14/h9,12,14,16H,2-8,10-11H2,1H3,(H,23,26)(H,27,28). The van der Waals surface area contributed by atoms with E-state index in [-0.39, 0.29) is 37.0 Å². The van der Waals surface area contributed by atoms with Gasteiger partial charge in [0.25, 0.3) is 5.88 Å². The van der Waals surface area contributed by atoms with Crippen LogP contribution in [-0.4, -0.2) is 59.5 Å². The lowest BCUT2D eigenvalue weighted by molar-refractivity contribution is -0.125. The predicted molar refractivity (Wildman–Crippen MR) is 103 cm³/mol. The molecule has 1 aliphatic carbocycles. The van der Waals surface area contributed by atoms with Crippen LogP contribution in [-0.2, 0) is 11.3 Å². The van der Waals surface area contributed by atoms with Crippen molar-refractivity contribution in [2.24, 2.45) is 5.92 Å². The average Bonchev–Trinajstić information content (AvgIpc) is 3.24. The van der Waals surface area contributed by atoms with Crippen molar-refractivity contribution in [3.05, 3.63) is 17.4 Å². The third-order valence-corrected chi connectivity index (χ3v) is 5.72. The number of carbonyl (C=O) groups is 2. The molecule has 3 rings (SSSR count). The lowest BCUT2D eigenvalue weighted by atomic mass is 9.88. The largest absolute Gasteiger partial charge is 0.481 e. The lowest BCUT2D eigenvalue weighted by Gasteiger charge is -2.27. The van der Waals surface area contributed by atoms with Crippen molar-refractivity contribution in [3.63, 3.8) is 0 Å². The van der Waals surface area contributed by atoms with Crippen LogP contribution in [0.1, 0.15) is 44.1 Å². The molecule has 2 N–H and O–H groups in total. The summed E-state index contributed by atoms with van der Waals surface area (Å²) in [7, 11) is 1.38. The minimum Gasteiger partial charge on any atom is -0.481 e. The van der Waals surface area contributed by atoms with Gasteiger partial charge >= 0.3 is 6.09 Å². The quantitative estimate of drug-likeness (QED) is 0.694. The highest BCUT2D eigenvalue weighted by atomic mass is 19.1. The summed E-state index contributed by atoms with van der Waals surface area (Å²) in [6.07, 6.45) is 2.35. The highest BCUT2D eigenvalue weighted by molar-refractivity contribution is 5.85. The molecule has 2 fully saturated rings. The number of hydrogen-bond acceptors (Lipinski definition) is 5. The van der Waals surface area contributed by atoms with Gasteiger partial charge in [0, 0.05) is 18.7 Å². The van der Waals surface area contributed by atoms with Crippen molar-refractivity contribution in [1.29, 1.82) is 0 Å². The molecule has 1 aliphatic heterocycles. The summed E-state index contributed by atoms with van der Waals surface area (Å²) in [5, 5.41) is 11.8. The maximum absolute atomic E-state index is 14.6. The minimum absolute atomic E-state index is 0.0418. The lowest BCUT2D eigenvalue weighted by Crippen LogP contribution is -2.45. The van der Waals surface area contributed by atoms with E-state index in [2.05, 4.69) is 10.3 Å². The Morgan fingerprint density at radius 2 is 2.00 bits per heavy atom. The van der Waals surface area contributed by atoms with Crippen molar-refractivity contribution in [2.45, 2.75) is 57.2 Å². The van der Waals surface area contributed by atoms with Crippen LogP contribution in [0.2, 0.25) is 0 Å². The summed E-state index contributed by atoms with van der Waals surface area (Å²) >= 11 is 0. The zero-order valence-corrected chi connectivity index (χ0v) is 16.9. The summed E-state index contributed by atoms with van der Waals surface area (Å²) in [5.41, 5.74) is 0.316. The Bertz CT molecular complexity index is 771. The van der Waals surface area contributed by atoms with Crippen LogP contribution >= 0.6 is 0 Å². The molecule has 1 aromatic rings. The Labute approximate surface area is 173 Å². The Balaban J connectivity index is 1.62. The third-order valence-electron chi connectivity index (χ3n) is 5.72. The Kier molecular flexibility index (Phi) is 7.28. The van der Waals surface area contributed by atoms with E-state index in [1.54, 1.807) is 0 Å². The number of halogens is 2. The van der Waals surface area contributed by atoms with E-state index in [0.29, 0.717) is 50.6 Å². The van der Waals surface area contributed by atoms with E-state index >= 15 is 0 Å². The normalized spacial score (nSPS) is 23.8. The van der Waals surface area contributed by atoms with Gasteiger partial charge in [-0.3, -0.25) is 14.1 Å². The Morgan fingerprint density at radius 1 is 1.27 bits per heavy atom. The third kappa shape index (κ3) is 5.09. The number of amides is 2. The van der Waals surface area contributed by atoms with Gasteiger partial charge in [0.1, 0.15) is 12.1 Å². The van der Waals surface area contributed by atoms with Crippen molar-refractivity contribution >= 4 is 12.0 Å². The van der Waals surface area contributed by atoms with E-state index < -0.39 is 23.9 Å². The van der Waals surface area contributed by atoms with Gasteiger partial charge in [0.2, 0.25) is 11.8 Å². The number of alkyl halides is 1. The van der Waals surface area contributed by atoms with Gasteiger partial charge in [0.05, 0.1) is 13.8 Å². The molecule has 2 heterocycles. The van der Waals surface area contributed by atoms with E-state index in [9.17, 15) is 18.4 Å². The summed E-state index contributed by atoms with van der Waals surface area (Å²) in [6.45, 7) is -0.0946. The molecule has 1 atom stereocenters. The monoisotopic (exact) mass is 427 g/mol. The minimum atomic E-state index is -1.14. The first-order valence-corrected chi connectivity index (χ1v) is 10.2. The number of carboxylic acid groups (broad SMARTS) is 1. The molecule has 30 heavy (non-hydrogen) atoms. The number of pyridine rings is 1. The molecule has 0 spiro atoms. The Morgan fingerprint density at radius 3 is 2.63 bits per heavy atom. The molecule has 8 nitrogen and oxygen atoms in total. The molecule has 1 aromatic heterocycles. The van der Waals surface area contributed by atoms with Crippen LogP contribution in [0.25, 0.3) is 0 Å². The van der Waals surface area contributed by atoms with Gasteiger partial charge in [0.15, 0.2) is 5.82 Å². The second-order valence-corrected chi connectivity index (χ2v) is 7.71. The SMILES string of the molecule is COc1nc(OC2CCC(CF)CC2)c(F)cc1CNC(=O)C1CCCN1C(=O)O. The van der Waals surface area contributed by atoms with E-state index in [0.717, 1.165) is 4.90 Å². The van der Waals surface area contributed by atoms with Crippen LogP contribution in [0.3, 0.4) is 0 Å². The van der Waals surface area contributed by atoms with Crippen LogP contribution < -0.4 is 14.8 Å². The van der Waals surface area contributed by atoms with E-state index in [1.165, 1.54) is 13.2 Å². The van der Waals surface area contributed by atoms with Crippen LogP contribution in [0.15, 0.2) is 6.07 Å². The van der Waals surface area contributed by atoms with Crippen LogP contribution in [0.4, 0.5) is 13.6 Å². The summed E-state index contributed by atoms with van der Waals surface area (Å²) in [5.74, 6) is -1.15. The van der Waals surface area contributed by atoms with E-state index in [1.807, 2.05) is 0 Å². The molecule has 2 aliphatic rings. The summed E-state index contributed by atoms with van der Waals surface area (Å²) in [4.78, 5) is 28.8. The number of carbonyl (C=O) groups excluding carboxylic acids is 1. The maximum atomic E-state index is 14.6. The zero-order chi connectivity index (χ0) is 21.7. The Hall–Kier alpha value is -2.65. The molecule has 1 unspecified atom stereocenters. The van der Waals surface area contributed by atoms with Crippen LogP contribution in [0, 0.1) is 11.7 Å². The van der Waals surface area contributed by atoms with Crippen molar-refractivity contribution in [2.75, 3.05) is 20.3 Å². The molecule has 10 heteroatoms. The van der Waals surface area contributed by atoms with Crippen molar-refractivity contribution < 1.29 is 33.0 Å². The first kappa shape index (κ1) is 22.0. The van der Waals surface area contributed by atoms with Gasteiger partial charge in [-0.2, -0.15) is 4.98 Å². The second kappa shape index (κ2) is 9.90.